The van der Waals surface area contributed by atoms with Gasteiger partial charge in [-0.3, -0.25) is 0 Å². The third-order valence-corrected chi connectivity index (χ3v) is 4.27. The molecule has 27 heavy (non-hydrogen) atoms. The molecule has 6 heteroatoms. The number of aromatic carboxylic acids is 1. The highest BCUT2D eigenvalue weighted by Crippen LogP contribution is 2.24. The summed E-state index contributed by atoms with van der Waals surface area (Å²) >= 11 is 0. The van der Waals surface area contributed by atoms with Crippen molar-refractivity contribution in [3.63, 3.8) is 0 Å². The highest BCUT2D eigenvalue weighted by atomic mass is 16.5. The summed E-state index contributed by atoms with van der Waals surface area (Å²) < 4.78 is 14.7. The number of hydrogen-bond donors (Lipinski definition) is 1. The smallest absolute Gasteiger partial charge is 0.341 e. The van der Waals surface area contributed by atoms with Gasteiger partial charge in [0.1, 0.15) is 22.6 Å². The molecule has 0 bridgehead atoms. The fraction of sp³-hybridized carbons (Fsp3) is 0.333. The van der Waals surface area contributed by atoms with Gasteiger partial charge in [-0.1, -0.05) is 0 Å². The molecule has 0 spiro atoms. The van der Waals surface area contributed by atoms with Gasteiger partial charge in [-0.25, -0.2) is 9.59 Å². The predicted molar refractivity (Wildman–Crippen MR) is 103 cm³/mol. The molecule has 0 amide bonds. The number of hydrogen-bond acceptors (Lipinski definition) is 5. The first-order valence-corrected chi connectivity index (χ1v) is 8.28. The number of ether oxygens (including phenoxy) is 3. The zero-order chi connectivity index (χ0) is 20.7. The standard InChI is InChI=1S/C11H14O3.C10H12O3/c1-7-5-9(11(12)14-4)10(13-3)6-8(7)2;1-6-4-8(10(11)12)9(13-3)5-7(6)2/h5-6H,1-4H3;4-5H,1-3H3,(H,11,12). The van der Waals surface area contributed by atoms with Gasteiger partial charge in [0.25, 0.3) is 0 Å². The van der Waals surface area contributed by atoms with E-state index in [0.29, 0.717) is 17.1 Å². The average Bonchev–Trinajstić information content (AvgIpc) is 2.64. The van der Waals surface area contributed by atoms with E-state index in [1.807, 2.05) is 33.8 Å². The van der Waals surface area contributed by atoms with Crippen molar-refractivity contribution in [2.75, 3.05) is 21.3 Å². The van der Waals surface area contributed by atoms with Crippen LogP contribution in [0.25, 0.3) is 0 Å². The first kappa shape index (κ1) is 22.0. The van der Waals surface area contributed by atoms with Gasteiger partial charge in [0.05, 0.1) is 21.3 Å². The van der Waals surface area contributed by atoms with Crippen molar-refractivity contribution in [2.24, 2.45) is 0 Å². The van der Waals surface area contributed by atoms with Crippen molar-refractivity contribution < 1.29 is 28.9 Å². The topological polar surface area (TPSA) is 82.1 Å². The fourth-order valence-electron chi connectivity index (χ4n) is 2.35. The number of carboxylic acids is 1. The molecule has 0 atom stereocenters. The van der Waals surface area contributed by atoms with E-state index in [0.717, 1.165) is 22.3 Å². The molecule has 0 aliphatic rings. The lowest BCUT2D eigenvalue weighted by molar-refractivity contribution is 0.0596. The Labute approximate surface area is 159 Å². The lowest BCUT2D eigenvalue weighted by atomic mass is 10.1. The Hall–Kier alpha value is -3.02. The van der Waals surface area contributed by atoms with Crippen molar-refractivity contribution in [1.29, 1.82) is 0 Å². The highest BCUT2D eigenvalue weighted by Gasteiger charge is 2.14. The summed E-state index contributed by atoms with van der Waals surface area (Å²) in [4.78, 5) is 22.1. The number of methoxy groups -OCH3 is 3. The molecule has 0 saturated heterocycles. The van der Waals surface area contributed by atoms with E-state index in [9.17, 15) is 9.59 Å². The Bertz CT molecular complexity index is 839. The van der Waals surface area contributed by atoms with Crippen LogP contribution in [0, 0.1) is 27.7 Å². The molecular formula is C21H26O6. The quantitative estimate of drug-likeness (QED) is 0.811. The molecule has 2 aromatic rings. The van der Waals surface area contributed by atoms with Gasteiger partial charge in [0, 0.05) is 0 Å². The van der Waals surface area contributed by atoms with Crippen molar-refractivity contribution in [1.82, 2.24) is 0 Å². The fourth-order valence-corrected chi connectivity index (χ4v) is 2.35. The van der Waals surface area contributed by atoms with E-state index in [-0.39, 0.29) is 11.5 Å². The minimum absolute atomic E-state index is 0.214. The zero-order valence-corrected chi connectivity index (χ0v) is 16.8. The molecule has 0 aliphatic carbocycles. The summed E-state index contributed by atoms with van der Waals surface area (Å²) in [6.45, 7) is 7.71. The summed E-state index contributed by atoms with van der Waals surface area (Å²) in [5, 5.41) is 8.83. The Morgan fingerprint density at radius 2 is 1.07 bits per heavy atom. The van der Waals surface area contributed by atoms with Crippen molar-refractivity contribution in [3.8, 4) is 11.5 Å². The van der Waals surface area contributed by atoms with Gasteiger partial charge in [-0.05, 0) is 74.2 Å². The Morgan fingerprint density at radius 1 is 0.704 bits per heavy atom. The van der Waals surface area contributed by atoms with Crippen LogP contribution in [-0.4, -0.2) is 38.4 Å². The maximum Gasteiger partial charge on any atom is 0.341 e. The molecule has 2 aromatic carbocycles. The van der Waals surface area contributed by atoms with Gasteiger partial charge >= 0.3 is 11.9 Å². The third kappa shape index (κ3) is 5.48. The van der Waals surface area contributed by atoms with E-state index in [1.165, 1.54) is 21.3 Å². The van der Waals surface area contributed by atoms with E-state index in [1.54, 1.807) is 18.2 Å². The predicted octanol–water partition coefficient (Wildman–Crippen LogP) is 4.11. The second kappa shape index (κ2) is 9.62. The molecule has 0 saturated carbocycles. The van der Waals surface area contributed by atoms with Gasteiger partial charge in [-0.15, -0.1) is 0 Å². The number of aryl methyl sites for hydroxylation is 4. The van der Waals surface area contributed by atoms with E-state index < -0.39 is 5.97 Å². The monoisotopic (exact) mass is 374 g/mol. The first-order valence-electron chi connectivity index (χ1n) is 8.28. The molecule has 0 radical (unpaired) electrons. The van der Waals surface area contributed by atoms with Crippen LogP contribution in [0.15, 0.2) is 24.3 Å². The molecular weight excluding hydrogens is 348 g/mol. The Kier molecular flexibility index (Phi) is 7.84. The Morgan fingerprint density at radius 3 is 1.44 bits per heavy atom. The SMILES string of the molecule is COC(=O)c1cc(C)c(C)cc1OC.COc1cc(C)c(C)cc1C(=O)O. The van der Waals surface area contributed by atoms with E-state index >= 15 is 0 Å². The Balaban J connectivity index is 0.000000271. The number of esters is 1. The number of carboxylic acid groups (broad SMARTS) is 1. The lowest BCUT2D eigenvalue weighted by Gasteiger charge is -2.09. The van der Waals surface area contributed by atoms with Crippen LogP contribution < -0.4 is 9.47 Å². The van der Waals surface area contributed by atoms with Crippen LogP contribution in [-0.2, 0) is 4.74 Å². The summed E-state index contributed by atoms with van der Waals surface area (Å²) in [5.41, 5.74) is 4.81. The zero-order valence-electron chi connectivity index (χ0n) is 16.8. The number of rotatable bonds is 4. The molecule has 0 fully saturated rings. The molecule has 6 nitrogen and oxygen atoms in total. The summed E-state index contributed by atoms with van der Waals surface area (Å²) in [7, 11) is 4.37. The van der Waals surface area contributed by atoms with Crippen LogP contribution in [0.1, 0.15) is 43.0 Å². The number of benzene rings is 2. The summed E-state index contributed by atoms with van der Waals surface area (Å²) in [6, 6.07) is 6.97. The van der Waals surface area contributed by atoms with Crippen molar-refractivity contribution in [3.05, 3.63) is 57.6 Å². The van der Waals surface area contributed by atoms with Crippen LogP contribution in [0.4, 0.5) is 0 Å². The highest BCUT2D eigenvalue weighted by molar-refractivity contribution is 5.93. The normalized spacial score (nSPS) is 9.74. The van der Waals surface area contributed by atoms with Crippen molar-refractivity contribution in [2.45, 2.75) is 27.7 Å². The van der Waals surface area contributed by atoms with Crippen LogP contribution in [0.2, 0.25) is 0 Å². The molecule has 1 N–H and O–H groups in total. The van der Waals surface area contributed by atoms with Crippen molar-refractivity contribution >= 4 is 11.9 Å². The minimum atomic E-state index is -0.958. The number of carbonyl (C=O) groups excluding carboxylic acids is 1. The maximum atomic E-state index is 11.4. The van der Waals surface area contributed by atoms with Crippen LogP contribution in [0.5, 0.6) is 11.5 Å². The van der Waals surface area contributed by atoms with Gasteiger partial charge in [-0.2, -0.15) is 0 Å². The van der Waals surface area contributed by atoms with Crippen LogP contribution in [0.3, 0.4) is 0 Å². The number of carbonyl (C=O) groups is 2. The molecule has 0 unspecified atom stereocenters. The average molecular weight is 374 g/mol. The lowest BCUT2D eigenvalue weighted by Crippen LogP contribution is -2.05. The van der Waals surface area contributed by atoms with Crippen LogP contribution >= 0.6 is 0 Å². The van der Waals surface area contributed by atoms with Gasteiger partial charge in [0.2, 0.25) is 0 Å². The molecule has 146 valence electrons. The molecule has 0 aliphatic heterocycles. The summed E-state index contributed by atoms with van der Waals surface area (Å²) in [6.07, 6.45) is 0. The summed E-state index contributed by atoms with van der Waals surface area (Å²) in [5.74, 6) is -0.361. The minimum Gasteiger partial charge on any atom is -0.496 e. The first-order chi connectivity index (χ1) is 12.7. The molecule has 0 heterocycles. The second-order valence-corrected chi connectivity index (χ2v) is 6.07. The van der Waals surface area contributed by atoms with Gasteiger partial charge in [0.15, 0.2) is 0 Å². The molecule has 2 rings (SSSR count). The third-order valence-electron chi connectivity index (χ3n) is 4.27. The maximum absolute atomic E-state index is 11.4. The van der Waals surface area contributed by atoms with Gasteiger partial charge < -0.3 is 19.3 Å². The second-order valence-electron chi connectivity index (χ2n) is 6.07. The molecule has 0 aromatic heterocycles. The largest absolute Gasteiger partial charge is 0.496 e. The van der Waals surface area contributed by atoms with E-state index in [4.69, 9.17) is 14.6 Å². The van der Waals surface area contributed by atoms with E-state index in [2.05, 4.69) is 4.74 Å².